The maximum absolute atomic E-state index is 10.3. The molecule has 3 atom stereocenters. The van der Waals surface area contributed by atoms with Crippen molar-refractivity contribution in [1.82, 2.24) is 0 Å². The Morgan fingerprint density at radius 2 is 1.65 bits per heavy atom. The molecule has 5 rings (SSSR count). The largest absolute Gasteiger partial charge is 0.497 e. The first-order chi connectivity index (χ1) is 15.1. The van der Waals surface area contributed by atoms with Crippen molar-refractivity contribution in [3.63, 3.8) is 0 Å². The summed E-state index contributed by atoms with van der Waals surface area (Å²) in [5.41, 5.74) is 4.31. The summed E-state index contributed by atoms with van der Waals surface area (Å²) < 4.78 is 5.38. The summed E-state index contributed by atoms with van der Waals surface area (Å²) >= 11 is 7.85. The minimum atomic E-state index is -0.0116. The zero-order chi connectivity index (χ0) is 21.5. The van der Waals surface area contributed by atoms with Gasteiger partial charge in [0.25, 0.3) is 0 Å². The van der Waals surface area contributed by atoms with Crippen LogP contribution >= 0.6 is 23.4 Å². The number of hydrogen-bond acceptors (Lipinski definition) is 4. The van der Waals surface area contributed by atoms with E-state index in [1.165, 1.54) is 10.5 Å². The molecular weight excluding hydrogens is 424 g/mol. The Bertz CT molecular complexity index is 1200. The molecule has 0 unspecified atom stereocenters. The molecule has 31 heavy (non-hydrogen) atoms. The number of rotatable bonds is 3. The molecule has 0 amide bonds. The van der Waals surface area contributed by atoms with Crippen LogP contribution in [0.1, 0.15) is 30.0 Å². The van der Waals surface area contributed by atoms with E-state index in [1.807, 2.05) is 24.3 Å². The number of benzene rings is 3. The van der Waals surface area contributed by atoms with Crippen molar-refractivity contribution in [1.29, 1.82) is 5.26 Å². The van der Waals surface area contributed by atoms with E-state index in [4.69, 9.17) is 16.3 Å². The highest BCUT2D eigenvalue weighted by Gasteiger charge is 2.46. The highest BCUT2D eigenvalue weighted by molar-refractivity contribution is 8.03. The summed E-state index contributed by atoms with van der Waals surface area (Å²) in [6, 6.07) is 27.3. The second-order valence-electron chi connectivity index (χ2n) is 7.88. The molecular formula is C26H21ClN2OS. The first kappa shape index (κ1) is 20.1. The highest BCUT2D eigenvalue weighted by atomic mass is 35.5. The van der Waals surface area contributed by atoms with Crippen molar-refractivity contribution >= 4 is 29.1 Å². The van der Waals surface area contributed by atoms with Crippen LogP contribution < -0.4 is 9.64 Å². The maximum atomic E-state index is 10.3. The van der Waals surface area contributed by atoms with Crippen molar-refractivity contribution in [3.05, 3.63) is 99.5 Å². The molecule has 0 aliphatic carbocycles. The third kappa shape index (κ3) is 3.29. The number of halogens is 1. The van der Waals surface area contributed by atoms with Crippen LogP contribution in [0.2, 0.25) is 5.02 Å². The number of thioether (sulfide) groups is 1. The lowest BCUT2D eigenvalue weighted by atomic mass is 9.73. The molecule has 2 heterocycles. The quantitative estimate of drug-likeness (QED) is 0.429. The van der Waals surface area contributed by atoms with Crippen LogP contribution in [0.4, 0.5) is 5.69 Å². The zero-order valence-corrected chi connectivity index (χ0v) is 18.8. The van der Waals surface area contributed by atoms with Gasteiger partial charge in [-0.25, -0.2) is 0 Å². The summed E-state index contributed by atoms with van der Waals surface area (Å²) in [6.45, 7) is 2.24. The summed E-state index contributed by atoms with van der Waals surface area (Å²) in [5, 5.41) is 12.0. The van der Waals surface area contributed by atoms with E-state index in [0.717, 1.165) is 27.6 Å². The van der Waals surface area contributed by atoms with Crippen LogP contribution in [0, 0.1) is 17.2 Å². The first-order valence-electron chi connectivity index (χ1n) is 10.2. The van der Waals surface area contributed by atoms with Gasteiger partial charge in [-0.15, -0.1) is 0 Å². The number of ether oxygens (including phenoxy) is 1. The predicted octanol–water partition coefficient (Wildman–Crippen LogP) is 7.17. The summed E-state index contributed by atoms with van der Waals surface area (Å²) in [7, 11) is 1.68. The summed E-state index contributed by atoms with van der Waals surface area (Å²) in [5.74, 6) is 0.994. The summed E-state index contributed by atoms with van der Waals surface area (Å²) in [6.07, 6.45) is 0. The molecule has 0 spiro atoms. The topological polar surface area (TPSA) is 36.3 Å². The second-order valence-corrected chi connectivity index (χ2v) is 9.34. The monoisotopic (exact) mass is 444 g/mol. The van der Waals surface area contributed by atoms with E-state index < -0.39 is 0 Å². The smallest absolute Gasteiger partial charge is 0.118 e. The number of nitriles is 1. The van der Waals surface area contributed by atoms with E-state index in [9.17, 15) is 5.26 Å². The molecule has 3 aromatic rings. The van der Waals surface area contributed by atoms with Crippen LogP contribution in [0.25, 0.3) is 0 Å². The van der Waals surface area contributed by atoms with Crippen LogP contribution in [0.15, 0.2) is 88.3 Å². The lowest BCUT2D eigenvalue weighted by Gasteiger charge is -2.44. The van der Waals surface area contributed by atoms with Crippen LogP contribution in [-0.4, -0.2) is 7.11 Å². The van der Waals surface area contributed by atoms with Gasteiger partial charge in [0.2, 0.25) is 0 Å². The number of para-hydroxylation sites is 1. The molecule has 0 saturated heterocycles. The van der Waals surface area contributed by atoms with E-state index >= 15 is 0 Å². The number of hydrogen-bond donors (Lipinski definition) is 0. The van der Waals surface area contributed by atoms with Crippen LogP contribution in [0.5, 0.6) is 5.75 Å². The van der Waals surface area contributed by atoms with E-state index in [1.54, 1.807) is 18.9 Å². The Kier molecular flexibility index (Phi) is 5.17. The number of methoxy groups -OCH3 is 1. The number of allylic oxidation sites excluding steroid dienone is 1. The first-order valence-corrected chi connectivity index (χ1v) is 11.4. The van der Waals surface area contributed by atoms with Gasteiger partial charge in [-0.1, -0.05) is 66.7 Å². The Morgan fingerprint density at radius 3 is 2.32 bits per heavy atom. The van der Waals surface area contributed by atoms with E-state index in [0.29, 0.717) is 5.02 Å². The predicted molar refractivity (Wildman–Crippen MR) is 127 cm³/mol. The fraction of sp³-hybridized carbons (Fsp3) is 0.192. The van der Waals surface area contributed by atoms with Crippen molar-refractivity contribution in [2.75, 3.05) is 12.0 Å². The van der Waals surface area contributed by atoms with Crippen LogP contribution in [0.3, 0.4) is 0 Å². The Morgan fingerprint density at radius 1 is 0.968 bits per heavy atom. The Hall–Kier alpha value is -2.87. The van der Waals surface area contributed by atoms with Gasteiger partial charge in [-0.2, -0.15) is 5.26 Å². The Balaban J connectivity index is 1.72. The molecule has 2 aliphatic heterocycles. The normalized spacial score (nSPS) is 22.0. The molecule has 0 radical (unpaired) electrons. The van der Waals surface area contributed by atoms with Gasteiger partial charge >= 0.3 is 0 Å². The van der Waals surface area contributed by atoms with Gasteiger partial charge in [-0.05, 0) is 53.4 Å². The second kappa shape index (κ2) is 8.00. The molecule has 3 aromatic carbocycles. The fourth-order valence-corrected chi connectivity index (χ4v) is 6.14. The lowest BCUT2D eigenvalue weighted by Crippen LogP contribution is -2.38. The molecule has 154 valence electrons. The average molecular weight is 445 g/mol. The molecule has 0 saturated carbocycles. The zero-order valence-electron chi connectivity index (χ0n) is 17.2. The van der Waals surface area contributed by atoms with Crippen molar-refractivity contribution in [2.45, 2.75) is 23.8 Å². The van der Waals surface area contributed by atoms with Gasteiger partial charge in [0.05, 0.1) is 35.5 Å². The van der Waals surface area contributed by atoms with Crippen molar-refractivity contribution in [2.24, 2.45) is 5.92 Å². The number of nitrogens with zero attached hydrogens (tertiary/aromatic N) is 2. The lowest BCUT2D eigenvalue weighted by molar-refractivity contribution is 0.391. The van der Waals surface area contributed by atoms with Crippen molar-refractivity contribution in [3.8, 4) is 11.8 Å². The van der Waals surface area contributed by atoms with Crippen molar-refractivity contribution < 1.29 is 4.74 Å². The van der Waals surface area contributed by atoms with E-state index in [-0.39, 0.29) is 17.9 Å². The third-order valence-electron chi connectivity index (χ3n) is 6.20. The third-order valence-corrected chi connectivity index (χ3v) is 7.63. The molecule has 0 N–H and O–H groups in total. The summed E-state index contributed by atoms with van der Waals surface area (Å²) in [4.78, 5) is 3.55. The molecule has 0 bridgehead atoms. The van der Waals surface area contributed by atoms with Gasteiger partial charge in [-0.3, -0.25) is 0 Å². The molecule has 0 fully saturated rings. The van der Waals surface area contributed by atoms with Crippen LogP contribution in [-0.2, 0) is 0 Å². The minimum Gasteiger partial charge on any atom is -0.497 e. The maximum Gasteiger partial charge on any atom is 0.118 e. The SMILES string of the molecule is COc1ccc([C@@H]2[C@@H](C)[C@H](c3ccc(Cl)cc3)C(C#N)=C3Sc4ccccc4N32)cc1. The molecule has 5 heteroatoms. The fourth-order valence-electron chi connectivity index (χ4n) is 4.79. The molecule has 2 aliphatic rings. The standard InChI is InChI=1S/C26H21ClN2OS/c1-16-24(17-7-11-19(27)12-8-17)21(15-28)26-29(22-5-3-4-6-23(22)31-26)25(16)18-9-13-20(30-2)14-10-18/h3-14,16,24-25H,1-2H3/t16-,24+,25-/m0/s1. The van der Waals surface area contributed by atoms with Gasteiger partial charge in [0, 0.05) is 15.8 Å². The minimum absolute atomic E-state index is 0.0116. The molecule has 0 aromatic heterocycles. The van der Waals surface area contributed by atoms with Gasteiger partial charge in [0.15, 0.2) is 0 Å². The van der Waals surface area contributed by atoms with E-state index in [2.05, 4.69) is 66.4 Å². The molecule has 3 nitrogen and oxygen atoms in total. The Labute approximate surface area is 191 Å². The average Bonchev–Trinajstić information content (AvgIpc) is 3.18. The van der Waals surface area contributed by atoms with Gasteiger partial charge in [0.1, 0.15) is 5.75 Å². The highest BCUT2D eigenvalue weighted by Crippen LogP contribution is 2.59. The number of fused-ring (bicyclic) bond motifs is 3. The van der Waals surface area contributed by atoms with Gasteiger partial charge < -0.3 is 9.64 Å². The number of anilines is 1.